The summed E-state index contributed by atoms with van der Waals surface area (Å²) in [6, 6.07) is 26.6. The van der Waals surface area contributed by atoms with Crippen LogP contribution in [0.1, 0.15) is 72.3 Å². The van der Waals surface area contributed by atoms with Crippen LogP contribution in [0.5, 0.6) is 5.75 Å². The number of hydrogen-bond acceptors (Lipinski definition) is 18. The maximum absolute atomic E-state index is 13.4. The normalized spacial score (nSPS) is 17.1. The second-order valence-electron chi connectivity index (χ2n) is 22.6. The molecule has 4 aliphatic rings. The number of fused-ring (bicyclic) bond motifs is 2. The molecule has 0 bridgehead atoms. The lowest BCUT2D eigenvalue weighted by molar-refractivity contribution is -0.137. The maximum atomic E-state index is 13.4. The minimum Gasteiger partial charge on any atom is -0.489 e. The first-order valence-electron chi connectivity index (χ1n) is 29.8. The van der Waals surface area contributed by atoms with E-state index in [2.05, 4.69) is 88.5 Å². The van der Waals surface area contributed by atoms with Gasteiger partial charge in [0.25, 0.3) is 11.5 Å². The average molecular weight is 1180 g/mol. The number of carbonyl (C=O) groups excluding carboxylic acids is 4. The van der Waals surface area contributed by atoms with E-state index >= 15 is 0 Å². The van der Waals surface area contributed by atoms with Crippen molar-refractivity contribution in [2.75, 3.05) is 122 Å². The molecule has 10 rings (SSSR count). The molecule has 7 heterocycles. The van der Waals surface area contributed by atoms with Crippen LogP contribution in [-0.2, 0) is 60.4 Å². The van der Waals surface area contributed by atoms with E-state index in [-0.39, 0.29) is 42.8 Å². The molecule has 4 N–H and O–H groups in total. The van der Waals surface area contributed by atoms with Gasteiger partial charge in [0.05, 0.1) is 58.4 Å². The van der Waals surface area contributed by atoms with E-state index in [0.717, 1.165) is 101 Å². The van der Waals surface area contributed by atoms with Gasteiger partial charge >= 0.3 is 0 Å². The predicted molar refractivity (Wildman–Crippen MR) is 324 cm³/mol. The van der Waals surface area contributed by atoms with Crippen LogP contribution in [0.2, 0.25) is 0 Å². The average Bonchev–Trinajstić information content (AvgIpc) is 2.00. The Morgan fingerprint density at radius 2 is 1.48 bits per heavy atom. The predicted octanol–water partition coefficient (Wildman–Crippen LogP) is 4.36. The van der Waals surface area contributed by atoms with E-state index in [4.69, 9.17) is 23.9 Å². The molecule has 4 aliphatic heterocycles. The molecule has 4 amide bonds. The molecule has 1 atom stereocenters. The van der Waals surface area contributed by atoms with Crippen LogP contribution in [0.25, 0.3) is 16.9 Å². The first kappa shape index (κ1) is 61.2. The van der Waals surface area contributed by atoms with E-state index < -0.39 is 17.6 Å². The second kappa shape index (κ2) is 29.0. The second-order valence-corrected chi connectivity index (χ2v) is 22.6. The van der Waals surface area contributed by atoms with Crippen molar-refractivity contribution in [1.82, 2.24) is 54.5 Å². The van der Waals surface area contributed by atoms with Gasteiger partial charge in [0.1, 0.15) is 29.4 Å². The number of benzene rings is 3. The third kappa shape index (κ3) is 15.7. The quantitative estimate of drug-likeness (QED) is 0.0290. The number of hydrogen-bond donors (Lipinski definition) is 4. The molecule has 0 radical (unpaired) electrons. The zero-order valence-electron chi connectivity index (χ0n) is 49.3. The van der Waals surface area contributed by atoms with E-state index in [0.29, 0.717) is 105 Å². The van der Waals surface area contributed by atoms with Crippen molar-refractivity contribution in [3.63, 3.8) is 0 Å². The highest BCUT2D eigenvalue weighted by Crippen LogP contribution is 2.34. The molecule has 3 fully saturated rings. The number of aliphatic hydroxyl groups is 1. The van der Waals surface area contributed by atoms with Gasteiger partial charge in [-0.1, -0.05) is 42.5 Å². The SMILES string of the molecule is C=CCn1c(=O)c2cnc(Nc3ccc(N4CCN(CCCNC(=O)CCOCCOCCOCCN5CCN(Cc6ccc(COc7cccc8c7CN(C7CCC(=O)NC7=O)C8=O)cc6)CC5)CC4)cc3)nc2n1-c1cccc(C(C)(C)O)n1. The van der Waals surface area contributed by atoms with E-state index in [9.17, 15) is 29.1 Å². The summed E-state index contributed by atoms with van der Waals surface area (Å²) in [4.78, 5) is 88.3. The van der Waals surface area contributed by atoms with Crippen LogP contribution in [0.3, 0.4) is 0 Å². The summed E-state index contributed by atoms with van der Waals surface area (Å²) in [5.74, 6) is 0.416. The summed E-state index contributed by atoms with van der Waals surface area (Å²) < 4.78 is 26.5. The van der Waals surface area contributed by atoms with Crippen molar-refractivity contribution in [2.45, 2.75) is 77.4 Å². The van der Waals surface area contributed by atoms with Crippen molar-refractivity contribution >= 4 is 52.0 Å². The van der Waals surface area contributed by atoms with Gasteiger partial charge in [-0.05, 0) is 92.9 Å². The van der Waals surface area contributed by atoms with Crippen LogP contribution in [0.4, 0.5) is 17.3 Å². The lowest BCUT2D eigenvalue weighted by Crippen LogP contribution is -2.52. The standard InChI is InChI=1S/C63H79N13O10/c1-4-24-75-61(81)50-41-65-62(69-58(50)76(75)55-11-6-10-54(67-55)63(2,3)82)66-47-16-18-48(19-17-47)73-32-30-70(31-33-73)25-7-23-64-56(77)22-35-83-37-39-85-40-38-84-36-34-71-26-28-72(29-27-71)42-45-12-14-46(15-13-45)44-86-53-9-5-8-49-51(53)43-74(60(49)80)52-20-21-57(78)68-59(52)79/h4-6,8-19,41,52,82H,1,7,20-40,42-44H2,2-3H3,(H,64,77)(H,65,66,69)(H,68,78,79). The number of piperidine rings is 1. The molecule has 86 heavy (non-hydrogen) atoms. The van der Waals surface area contributed by atoms with E-state index in [1.807, 2.05) is 18.2 Å². The number of carbonyl (C=O) groups is 4. The number of aromatic nitrogens is 5. The Kier molecular flexibility index (Phi) is 20.6. The molecule has 23 heteroatoms. The number of rotatable bonds is 29. The highest BCUT2D eigenvalue weighted by atomic mass is 16.5. The van der Waals surface area contributed by atoms with Gasteiger partial charge in [-0.3, -0.25) is 44.0 Å². The smallest absolute Gasteiger partial charge is 0.278 e. The number of amides is 4. The van der Waals surface area contributed by atoms with Gasteiger partial charge in [0.15, 0.2) is 11.5 Å². The minimum absolute atomic E-state index is 0.0169. The fourth-order valence-corrected chi connectivity index (χ4v) is 11.1. The number of pyridine rings is 1. The summed E-state index contributed by atoms with van der Waals surface area (Å²) in [5, 5.41) is 19.6. The minimum atomic E-state index is -1.18. The first-order chi connectivity index (χ1) is 41.8. The third-order valence-electron chi connectivity index (χ3n) is 16.0. The fourth-order valence-electron chi connectivity index (χ4n) is 11.1. The molecule has 3 aromatic carbocycles. The summed E-state index contributed by atoms with van der Waals surface area (Å²) >= 11 is 0. The monoisotopic (exact) mass is 1180 g/mol. The molecule has 3 saturated heterocycles. The number of imide groups is 1. The molecule has 3 aromatic heterocycles. The number of piperazine rings is 2. The highest BCUT2D eigenvalue weighted by Gasteiger charge is 2.40. The third-order valence-corrected chi connectivity index (χ3v) is 16.0. The van der Waals surface area contributed by atoms with Gasteiger partial charge < -0.3 is 44.5 Å². The van der Waals surface area contributed by atoms with E-state index in [1.165, 1.54) is 21.3 Å². The Balaban J connectivity index is 0.524. The molecule has 0 spiro atoms. The van der Waals surface area contributed by atoms with Gasteiger partial charge in [0.2, 0.25) is 23.7 Å². The Morgan fingerprint density at radius 1 is 0.791 bits per heavy atom. The summed E-state index contributed by atoms with van der Waals surface area (Å²) in [6.45, 7) is 21.7. The number of nitrogens with zero attached hydrogens (tertiary/aromatic N) is 10. The fraction of sp³-hybridized carbons (Fsp3) is 0.460. The largest absolute Gasteiger partial charge is 0.489 e. The van der Waals surface area contributed by atoms with Crippen molar-refractivity contribution in [1.29, 1.82) is 0 Å². The first-order valence-corrected chi connectivity index (χ1v) is 29.8. The number of allylic oxidation sites excluding steroid dienone is 1. The van der Waals surface area contributed by atoms with Gasteiger partial charge in [-0.25, -0.2) is 19.3 Å². The Hall–Kier alpha value is -7.90. The number of ether oxygens (including phenoxy) is 4. The Morgan fingerprint density at radius 3 is 2.21 bits per heavy atom. The molecular weight excluding hydrogens is 1100 g/mol. The van der Waals surface area contributed by atoms with Crippen LogP contribution >= 0.6 is 0 Å². The zero-order valence-corrected chi connectivity index (χ0v) is 49.3. The van der Waals surface area contributed by atoms with Gasteiger partial charge in [-0.15, -0.1) is 6.58 Å². The Labute approximate surface area is 500 Å². The molecule has 23 nitrogen and oxygen atoms in total. The lowest BCUT2D eigenvalue weighted by Gasteiger charge is -2.36. The van der Waals surface area contributed by atoms with Gasteiger partial charge in [-0.2, -0.15) is 4.98 Å². The van der Waals surface area contributed by atoms with Crippen LogP contribution in [-0.4, -0.2) is 190 Å². The van der Waals surface area contributed by atoms with Crippen LogP contribution in [0, 0.1) is 0 Å². The summed E-state index contributed by atoms with van der Waals surface area (Å²) in [5.41, 5.74) is 4.86. The number of anilines is 3. The molecule has 0 saturated carbocycles. The van der Waals surface area contributed by atoms with Crippen molar-refractivity contribution in [2.24, 2.45) is 0 Å². The van der Waals surface area contributed by atoms with Crippen molar-refractivity contribution < 1.29 is 43.2 Å². The summed E-state index contributed by atoms with van der Waals surface area (Å²) in [6.07, 6.45) is 4.86. The molecule has 1 unspecified atom stereocenters. The summed E-state index contributed by atoms with van der Waals surface area (Å²) in [7, 11) is 0. The van der Waals surface area contributed by atoms with Crippen LogP contribution < -0.4 is 31.1 Å². The zero-order chi connectivity index (χ0) is 60.0. The van der Waals surface area contributed by atoms with Crippen molar-refractivity contribution in [3.05, 3.63) is 142 Å². The van der Waals surface area contributed by atoms with Crippen LogP contribution in [0.15, 0.2) is 109 Å². The molecule has 6 aromatic rings. The maximum Gasteiger partial charge on any atom is 0.278 e. The van der Waals surface area contributed by atoms with Crippen molar-refractivity contribution in [3.8, 4) is 11.6 Å². The number of nitrogens with one attached hydrogen (secondary N) is 3. The Bertz CT molecular complexity index is 3370. The highest BCUT2D eigenvalue weighted by molar-refractivity contribution is 6.05. The lowest BCUT2D eigenvalue weighted by atomic mass is 10.0. The topological polar surface area (TPSA) is 243 Å². The molecular formula is C63H79N13O10. The molecule has 0 aliphatic carbocycles. The van der Waals surface area contributed by atoms with E-state index in [1.54, 1.807) is 54.9 Å². The molecule has 456 valence electrons. The van der Waals surface area contributed by atoms with Gasteiger partial charge in [0, 0.05) is 114 Å².